The van der Waals surface area contributed by atoms with Gasteiger partial charge >= 0.3 is 6.09 Å². The second kappa shape index (κ2) is 14.3. The highest BCUT2D eigenvalue weighted by Crippen LogP contribution is 2.52. The van der Waals surface area contributed by atoms with Gasteiger partial charge in [-0.05, 0) is 35.3 Å². The van der Waals surface area contributed by atoms with Gasteiger partial charge in [0.05, 0.1) is 10.8 Å². The van der Waals surface area contributed by atoms with E-state index in [9.17, 15) is 4.79 Å². The van der Waals surface area contributed by atoms with Gasteiger partial charge in [-0.25, -0.2) is 4.79 Å². The average Bonchev–Trinajstić information content (AvgIpc) is 3.45. The first-order valence-electron chi connectivity index (χ1n) is 14.1. The van der Waals surface area contributed by atoms with Crippen molar-refractivity contribution >= 4 is 46.9 Å². The fourth-order valence-corrected chi connectivity index (χ4v) is 8.68. The molecular formula is C33H37N3O2S3. The van der Waals surface area contributed by atoms with E-state index in [1.54, 1.807) is 6.08 Å². The summed E-state index contributed by atoms with van der Waals surface area (Å²) >= 11 is 9.63. The largest absolute Gasteiger partial charge is 0.445 e. The maximum Gasteiger partial charge on any atom is 0.410 e. The van der Waals surface area contributed by atoms with Crippen LogP contribution in [0, 0.1) is 0 Å². The summed E-state index contributed by atoms with van der Waals surface area (Å²) in [6, 6.07) is 32.1. The van der Waals surface area contributed by atoms with Gasteiger partial charge in [0.1, 0.15) is 6.61 Å². The van der Waals surface area contributed by atoms with Gasteiger partial charge in [-0.3, -0.25) is 0 Å². The van der Waals surface area contributed by atoms with Crippen molar-refractivity contribution in [3.8, 4) is 0 Å². The molecular weight excluding hydrogens is 567 g/mol. The van der Waals surface area contributed by atoms with Crippen LogP contribution < -0.4 is 5.32 Å². The van der Waals surface area contributed by atoms with Crippen molar-refractivity contribution in [2.45, 2.75) is 22.5 Å². The van der Waals surface area contributed by atoms with Crippen molar-refractivity contribution in [3.63, 3.8) is 0 Å². The van der Waals surface area contributed by atoms with Crippen LogP contribution >= 0.6 is 35.7 Å². The molecule has 214 valence electrons. The summed E-state index contributed by atoms with van der Waals surface area (Å²) in [7, 11) is 0. The van der Waals surface area contributed by atoms with Crippen LogP contribution in [0.15, 0.2) is 104 Å². The molecule has 0 aliphatic carbocycles. The standard InChI is InChI=1S/C33H37N3O2S3/c1-2-20-38-32(37)36-25-30(23-29(36)24-34-31(39)35-18-21-40-22-19-35)41-33(26-12-6-3-7-13-26,27-14-8-4-9-15-27)28-16-10-5-11-17-28/h2-17,29-30H,1,18-25H2,(H,34,39)/t29-,30-/m0/s1. The van der Waals surface area contributed by atoms with E-state index < -0.39 is 4.75 Å². The minimum atomic E-state index is -0.450. The lowest BCUT2D eigenvalue weighted by Gasteiger charge is -2.37. The number of carbonyl (C=O) groups excluding carboxylic acids is 1. The van der Waals surface area contributed by atoms with Crippen LogP contribution in [-0.4, -0.2) is 76.6 Å². The summed E-state index contributed by atoms with van der Waals surface area (Å²) in [6.07, 6.45) is 2.14. The first-order valence-corrected chi connectivity index (χ1v) is 16.6. The highest BCUT2D eigenvalue weighted by molar-refractivity contribution is 8.01. The smallest absolute Gasteiger partial charge is 0.410 e. The van der Waals surface area contributed by atoms with Gasteiger partial charge < -0.3 is 19.9 Å². The zero-order chi connectivity index (χ0) is 28.5. The predicted octanol–water partition coefficient (Wildman–Crippen LogP) is 6.40. The molecule has 2 saturated heterocycles. The number of carbonyl (C=O) groups is 1. The van der Waals surface area contributed by atoms with E-state index in [1.165, 1.54) is 16.7 Å². The number of thiocarbonyl (C=S) groups is 1. The molecule has 0 unspecified atom stereocenters. The molecule has 5 rings (SSSR count). The van der Waals surface area contributed by atoms with Gasteiger partial charge in [0.15, 0.2) is 5.11 Å². The van der Waals surface area contributed by atoms with Crippen molar-refractivity contribution in [3.05, 3.63) is 120 Å². The topological polar surface area (TPSA) is 44.8 Å². The van der Waals surface area contributed by atoms with Crippen LogP contribution in [0.3, 0.4) is 0 Å². The number of rotatable bonds is 9. The molecule has 0 aromatic heterocycles. The molecule has 2 aliphatic heterocycles. The first-order chi connectivity index (χ1) is 20.1. The van der Waals surface area contributed by atoms with Gasteiger partial charge in [-0.1, -0.05) is 104 Å². The van der Waals surface area contributed by atoms with Gasteiger partial charge in [0, 0.05) is 42.9 Å². The number of nitrogens with one attached hydrogen (secondary N) is 1. The fourth-order valence-electron chi connectivity index (χ4n) is 5.65. The Morgan fingerprint density at radius 1 is 0.976 bits per heavy atom. The Morgan fingerprint density at radius 2 is 1.51 bits per heavy atom. The maximum atomic E-state index is 13.3. The molecule has 2 fully saturated rings. The molecule has 0 radical (unpaired) electrons. The summed E-state index contributed by atoms with van der Waals surface area (Å²) in [4.78, 5) is 17.4. The zero-order valence-electron chi connectivity index (χ0n) is 23.2. The monoisotopic (exact) mass is 603 g/mol. The molecule has 0 spiro atoms. The normalized spacial score (nSPS) is 19.0. The van der Waals surface area contributed by atoms with Crippen LogP contribution in [-0.2, 0) is 9.48 Å². The highest BCUT2D eigenvalue weighted by Gasteiger charge is 2.44. The molecule has 5 nitrogen and oxygen atoms in total. The van der Waals surface area contributed by atoms with E-state index in [2.05, 4.69) is 108 Å². The maximum absolute atomic E-state index is 13.3. The lowest BCUT2D eigenvalue weighted by Crippen LogP contribution is -2.49. The molecule has 2 heterocycles. The van der Waals surface area contributed by atoms with E-state index >= 15 is 0 Å². The van der Waals surface area contributed by atoms with Gasteiger partial charge in [0.2, 0.25) is 0 Å². The molecule has 3 aromatic rings. The second-order valence-corrected chi connectivity index (χ2v) is 13.3. The fraction of sp³-hybridized carbons (Fsp3) is 0.333. The van der Waals surface area contributed by atoms with Crippen molar-refractivity contribution in [2.75, 3.05) is 44.3 Å². The SMILES string of the molecule is C=CCOC(=O)N1C[C@@H](SC(c2ccccc2)(c2ccccc2)c2ccccc2)C[C@H]1CNC(=S)N1CCSCC1. The van der Waals surface area contributed by atoms with E-state index in [4.69, 9.17) is 17.0 Å². The van der Waals surface area contributed by atoms with Crippen LogP contribution in [0.2, 0.25) is 0 Å². The number of benzene rings is 3. The molecule has 1 amide bonds. The van der Waals surface area contributed by atoms with E-state index in [0.29, 0.717) is 13.1 Å². The third-order valence-electron chi connectivity index (χ3n) is 7.61. The summed E-state index contributed by atoms with van der Waals surface area (Å²) in [5, 5.41) is 4.42. The Hall–Kier alpha value is -2.94. The number of nitrogens with zero attached hydrogens (tertiary/aromatic N) is 2. The molecule has 41 heavy (non-hydrogen) atoms. The number of hydrogen-bond acceptors (Lipinski definition) is 5. The van der Waals surface area contributed by atoms with E-state index in [-0.39, 0.29) is 24.0 Å². The van der Waals surface area contributed by atoms with E-state index in [1.807, 2.05) is 28.4 Å². The first kappa shape index (κ1) is 29.5. The number of amides is 1. The lowest BCUT2D eigenvalue weighted by atomic mass is 9.84. The molecule has 0 bridgehead atoms. The van der Waals surface area contributed by atoms with Crippen molar-refractivity contribution in [2.24, 2.45) is 0 Å². The third kappa shape index (κ3) is 6.93. The van der Waals surface area contributed by atoms with Crippen molar-refractivity contribution in [1.29, 1.82) is 0 Å². The number of ether oxygens (including phenoxy) is 1. The van der Waals surface area contributed by atoms with Crippen LogP contribution in [0.4, 0.5) is 4.79 Å². The minimum absolute atomic E-state index is 0.0399. The Kier molecular flexibility index (Phi) is 10.3. The van der Waals surface area contributed by atoms with E-state index in [0.717, 1.165) is 36.1 Å². The molecule has 0 saturated carbocycles. The Morgan fingerprint density at radius 3 is 2.02 bits per heavy atom. The molecule has 3 aromatic carbocycles. The van der Waals surface area contributed by atoms with Crippen molar-refractivity contribution in [1.82, 2.24) is 15.1 Å². The summed E-state index contributed by atoms with van der Waals surface area (Å²) in [5.74, 6) is 2.18. The van der Waals surface area contributed by atoms with Gasteiger partial charge in [-0.2, -0.15) is 11.8 Å². The molecule has 2 aliphatic rings. The third-order valence-corrected chi connectivity index (χ3v) is 10.7. The minimum Gasteiger partial charge on any atom is -0.445 e. The average molecular weight is 604 g/mol. The predicted molar refractivity (Wildman–Crippen MR) is 177 cm³/mol. The van der Waals surface area contributed by atoms with Crippen LogP contribution in [0.1, 0.15) is 23.1 Å². The summed E-state index contributed by atoms with van der Waals surface area (Å²) in [5.41, 5.74) is 3.65. The number of thioether (sulfide) groups is 2. The quantitative estimate of drug-likeness (QED) is 0.173. The molecule has 2 atom stereocenters. The Bertz CT molecular complexity index is 1190. The second-order valence-electron chi connectivity index (χ2n) is 10.2. The zero-order valence-corrected chi connectivity index (χ0v) is 25.6. The molecule has 1 N–H and O–H groups in total. The Balaban J connectivity index is 1.45. The summed E-state index contributed by atoms with van der Waals surface area (Å²) < 4.78 is 5.10. The summed E-state index contributed by atoms with van der Waals surface area (Å²) in [6.45, 7) is 7.01. The number of likely N-dealkylation sites (tertiary alicyclic amines) is 1. The molecule has 8 heteroatoms. The van der Waals surface area contributed by atoms with Gasteiger partial charge in [0.25, 0.3) is 0 Å². The van der Waals surface area contributed by atoms with Crippen LogP contribution in [0.5, 0.6) is 0 Å². The lowest BCUT2D eigenvalue weighted by molar-refractivity contribution is 0.108. The van der Waals surface area contributed by atoms with Gasteiger partial charge in [-0.15, -0.1) is 11.8 Å². The number of hydrogen-bond donors (Lipinski definition) is 1. The van der Waals surface area contributed by atoms with Crippen molar-refractivity contribution < 1.29 is 9.53 Å². The highest BCUT2D eigenvalue weighted by atomic mass is 32.2. The Labute approximate surface area is 257 Å². The van der Waals surface area contributed by atoms with Crippen LogP contribution in [0.25, 0.3) is 0 Å².